The molecule has 255 valence electrons. The number of fused-ring (bicyclic) bond motifs is 6. The van der Waals surface area contributed by atoms with E-state index in [4.69, 9.17) is 9.40 Å². The minimum absolute atomic E-state index is 0. The zero-order chi connectivity index (χ0) is 34.9. The monoisotopic (exact) mass is 857 g/mol. The fraction of sp³-hybridized carbons (Fsp3) is 0.0204. The van der Waals surface area contributed by atoms with Crippen LogP contribution in [0.25, 0.3) is 88.3 Å². The Morgan fingerprint density at radius 3 is 2.09 bits per heavy atom. The molecule has 0 amide bonds. The van der Waals surface area contributed by atoms with Crippen molar-refractivity contribution in [2.45, 2.75) is 6.92 Å². The van der Waals surface area contributed by atoms with Gasteiger partial charge < -0.3 is 14.4 Å². The molecule has 0 aliphatic heterocycles. The van der Waals surface area contributed by atoms with E-state index in [-0.39, 0.29) is 20.1 Å². The summed E-state index contributed by atoms with van der Waals surface area (Å²) in [4.78, 5) is 8.98. The Bertz CT molecular complexity index is 2810. The molecule has 0 N–H and O–H groups in total. The Balaban J connectivity index is 0.000000262. The van der Waals surface area contributed by atoms with Crippen LogP contribution in [0, 0.1) is 19.1 Å². The first-order valence-corrected chi connectivity index (χ1v) is 17.4. The van der Waals surface area contributed by atoms with Crippen LogP contribution in [-0.4, -0.2) is 9.97 Å². The molecule has 0 fully saturated rings. The first kappa shape index (κ1) is 33.9. The van der Waals surface area contributed by atoms with E-state index >= 15 is 0 Å². The van der Waals surface area contributed by atoms with E-state index in [0.717, 1.165) is 55.4 Å². The Kier molecular flexibility index (Phi) is 9.48. The van der Waals surface area contributed by atoms with Gasteiger partial charge in [-0.25, -0.2) is 0 Å². The van der Waals surface area contributed by atoms with Gasteiger partial charge in [-0.3, -0.25) is 0 Å². The van der Waals surface area contributed by atoms with Crippen LogP contribution in [0.5, 0.6) is 0 Å². The van der Waals surface area contributed by atoms with Crippen molar-refractivity contribution in [3.63, 3.8) is 0 Å². The number of rotatable bonds is 4. The molecule has 4 heteroatoms. The van der Waals surface area contributed by atoms with Crippen molar-refractivity contribution in [3.05, 3.63) is 194 Å². The van der Waals surface area contributed by atoms with Crippen molar-refractivity contribution in [2.24, 2.45) is 0 Å². The third-order valence-electron chi connectivity index (χ3n) is 9.70. The number of hydrogen-bond donors (Lipinski definition) is 0. The summed E-state index contributed by atoms with van der Waals surface area (Å²) in [6.45, 7) is 2.21. The van der Waals surface area contributed by atoms with Crippen LogP contribution in [0.2, 0.25) is 0 Å². The van der Waals surface area contributed by atoms with E-state index < -0.39 is 0 Å². The molecular weight excluding hydrogens is 825 g/mol. The molecule has 3 heterocycles. The number of hydrogen-bond acceptors (Lipinski definition) is 3. The molecule has 10 aromatic rings. The molecule has 0 spiro atoms. The van der Waals surface area contributed by atoms with Gasteiger partial charge in [0.05, 0.1) is 5.58 Å². The van der Waals surface area contributed by atoms with Crippen molar-refractivity contribution >= 4 is 43.5 Å². The first-order chi connectivity index (χ1) is 25.7. The van der Waals surface area contributed by atoms with Gasteiger partial charge in [0, 0.05) is 43.3 Å². The summed E-state index contributed by atoms with van der Waals surface area (Å²) in [5, 5.41) is 6.98. The Hall–Kier alpha value is -6.19. The predicted octanol–water partition coefficient (Wildman–Crippen LogP) is 12.9. The number of furan rings is 1. The van der Waals surface area contributed by atoms with Gasteiger partial charge in [-0.2, -0.15) is 0 Å². The zero-order valence-electron chi connectivity index (χ0n) is 28.9. The van der Waals surface area contributed by atoms with E-state index in [1.807, 2.05) is 54.7 Å². The van der Waals surface area contributed by atoms with E-state index in [1.54, 1.807) is 6.20 Å². The van der Waals surface area contributed by atoms with Crippen molar-refractivity contribution in [3.8, 4) is 44.8 Å². The second-order valence-electron chi connectivity index (χ2n) is 12.8. The molecule has 0 aliphatic rings. The number of benzene rings is 7. The molecule has 10 rings (SSSR count). The van der Waals surface area contributed by atoms with Crippen molar-refractivity contribution in [2.75, 3.05) is 0 Å². The van der Waals surface area contributed by atoms with Gasteiger partial charge in [-0.15, -0.1) is 54.1 Å². The molecule has 1 radical (unpaired) electrons. The van der Waals surface area contributed by atoms with E-state index in [9.17, 15) is 0 Å². The van der Waals surface area contributed by atoms with E-state index in [1.165, 1.54) is 38.4 Å². The second kappa shape index (κ2) is 14.8. The first-order valence-electron chi connectivity index (χ1n) is 17.4. The van der Waals surface area contributed by atoms with Crippen LogP contribution >= 0.6 is 0 Å². The van der Waals surface area contributed by atoms with Crippen molar-refractivity contribution in [1.29, 1.82) is 0 Å². The Morgan fingerprint density at radius 1 is 0.472 bits per heavy atom. The average molecular weight is 857 g/mol. The Labute approximate surface area is 322 Å². The minimum Gasteiger partial charge on any atom is -0.500 e. The molecular formula is C49H32IrN2O-2. The quantitative estimate of drug-likeness (QED) is 0.166. The summed E-state index contributed by atoms with van der Waals surface area (Å²) < 4.78 is 6.55. The topological polar surface area (TPSA) is 38.9 Å². The standard InChI is InChI=1S/C38H24NO.C11H8N.Ir/c1-24-30-17-15-27(25-8-3-2-4-9-25)22-28(30)16-18-31(24)29-20-21-39-36(23-29)35-13-7-12-33-34-19-14-26-10-5-6-11-32(26)37(34)40-38(33)35;1-2-6-10(7-3-1)11-8-4-5-9-12-11;/h2-12,14-23H,1H3;1-6,8-9H;/q2*-1;. The van der Waals surface area contributed by atoms with E-state index in [0.29, 0.717) is 0 Å². The van der Waals surface area contributed by atoms with Gasteiger partial charge in [0.25, 0.3) is 0 Å². The van der Waals surface area contributed by atoms with Gasteiger partial charge in [0.1, 0.15) is 5.58 Å². The minimum atomic E-state index is 0. The number of aromatic nitrogens is 2. The molecule has 0 saturated heterocycles. The van der Waals surface area contributed by atoms with Gasteiger partial charge in [0.2, 0.25) is 0 Å². The maximum atomic E-state index is 6.55. The van der Waals surface area contributed by atoms with Crippen molar-refractivity contribution < 1.29 is 24.5 Å². The van der Waals surface area contributed by atoms with Gasteiger partial charge >= 0.3 is 0 Å². The molecule has 0 saturated carbocycles. The molecule has 0 unspecified atom stereocenters. The predicted molar refractivity (Wildman–Crippen MR) is 215 cm³/mol. The zero-order valence-corrected chi connectivity index (χ0v) is 31.3. The van der Waals surface area contributed by atoms with Gasteiger partial charge in [-0.1, -0.05) is 120 Å². The van der Waals surface area contributed by atoms with Crippen LogP contribution in [0.1, 0.15) is 5.56 Å². The number of aryl methyl sites for hydroxylation is 1. The van der Waals surface area contributed by atoms with Gasteiger partial charge in [0.15, 0.2) is 0 Å². The normalized spacial score (nSPS) is 11.0. The van der Waals surface area contributed by atoms with Crippen LogP contribution in [-0.2, 0) is 20.1 Å². The summed E-state index contributed by atoms with van der Waals surface area (Å²) in [5.74, 6) is 0. The third-order valence-corrected chi connectivity index (χ3v) is 9.70. The van der Waals surface area contributed by atoms with Gasteiger partial charge in [-0.05, 0) is 80.5 Å². The SMILES string of the molecule is Cc1c(-c2ccnc(-c3[c-]ccc4c3oc3c5ccccc5ccc43)c2)ccc2cc(-c3ccccc3)ccc12.[Ir].[c-]1ccccc1-c1ccccn1. The Morgan fingerprint density at radius 2 is 1.25 bits per heavy atom. The molecule has 7 aromatic carbocycles. The largest absolute Gasteiger partial charge is 0.500 e. The summed E-state index contributed by atoms with van der Waals surface area (Å²) in [6, 6.07) is 62.9. The van der Waals surface area contributed by atoms with Crippen LogP contribution in [0.3, 0.4) is 0 Å². The fourth-order valence-corrected chi connectivity index (χ4v) is 7.08. The third kappa shape index (κ3) is 6.56. The summed E-state index contributed by atoms with van der Waals surface area (Å²) in [5.41, 5.74) is 11.5. The molecule has 0 atom stereocenters. The molecule has 53 heavy (non-hydrogen) atoms. The summed E-state index contributed by atoms with van der Waals surface area (Å²) in [7, 11) is 0. The van der Waals surface area contributed by atoms with Crippen LogP contribution in [0.15, 0.2) is 181 Å². The molecule has 3 aromatic heterocycles. The average Bonchev–Trinajstić information content (AvgIpc) is 3.62. The van der Waals surface area contributed by atoms with Crippen molar-refractivity contribution in [1.82, 2.24) is 9.97 Å². The second-order valence-corrected chi connectivity index (χ2v) is 12.8. The maximum Gasteiger partial charge on any atom is 0.128 e. The van der Waals surface area contributed by atoms with Crippen LogP contribution < -0.4 is 0 Å². The summed E-state index contributed by atoms with van der Waals surface area (Å²) >= 11 is 0. The van der Waals surface area contributed by atoms with E-state index in [2.05, 4.69) is 139 Å². The smallest absolute Gasteiger partial charge is 0.128 e. The maximum absolute atomic E-state index is 6.55. The summed E-state index contributed by atoms with van der Waals surface area (Å²) in [6.07, 6.45) is 3.67. The number of nitrogens with zero attached hydrogens (tertiary/aromatic N) is 2. The molecule has 0 bridgehead atoms. The molecule has 0 aliphatic carbocycles. The van der Waals surface area contributed by atoms with Crippen LogP contribution in [0.4, 0.5) is 0 Å². The molecule has 3 nitrogen and oxygen atoms in total. The number of pyridine rings is 2. The fourth-order valence-electron chi connectivity index (χ4n) is 7.08.